The molecule has 3 heterocycles. The first-order chi connectivity index (χ1) is 8.75. The Morgan fingerprint density at radius 3 is 2.83 bits per heavy atom. The molecular weight excluding hydrogens is 246 g/mol. The Kier molecular flexibility index (Phi) is 2.97. The standard InChI is InChI=1S/C12H15N5S/c1-16-7-4-10(8-16)17-11(14-15-12(17)18)9-2-5-13-6-3-9/h2-3,5-6,10H,4,7-8H2,1H3,(H,15,18). The Labute approximate surface area is 110 Å². The first-order valence-electron chi connectivity index (χ1n) is 6.01. The van der Waals surface area contributed by atoms with Crippen LogP contribution >= 0.6 is 12.2 Å². The highest BCUT2D eigenvalue weighted by atomic mass is 32.1. The van der Waals surface area contributed by atoms with Crippen LogP contribution in [0.3, 0.4) is 0 Å². The van der Waals surface area contributed by atoms with Crippen molar-refractivity contribution in [1.82, 2.24) is 24.6 Å². The molecule has 5 nitrogen and oxygen atoms in total. The Morgan fingerprint density at radius 1 is 1.39 bits per heavy atom. The van der Waals surface area contributed by atoms with Crippen molar-refractivity contribution in [1.29, 1.82) is 0 Å². The average Bonchev–Trinajstić information content (AvgIpc) is 2.96. The highest BCUT2D eigenvalue weighted by Gasteiger charge is 2.24. The minimum absolute atomic E-state index is 0.407. The van der Waals surface area contributed by atoms with Crippen LogP contribution in [0.15, 0.2) is 24.5 Å². The zero-order chi connectivity index (χ0) is 12.5. The summed E-state index contributed by atoms with van der Waals surface area (Å²) < 4.78 is 2.83. The van der Waals surface area contributed by atoms with E-state index in [1.165, 1.54) is 0 Å². The van der Waals surface area contributed by atoms with Gasteiger partial charge in [0.15, 0.2) is 10.6 Å². The van der Waals surface area contributed by atoms with E-state index in [1.54, 1.807) is 12.4 Å². The summed E-state index contributed by atoms with van der Waals surface area (Å²) in [4.78, 5) is 6.35. The topological polar surface area (TPSA) is 49.7 Å². The van der Waals surface area contributed by atoms with E-state index in [4.69, 9.17) is 12.2 Å². The van der Waals surface area contributed by atoms with Crippen molar-refractivity contribution in [2.75, 3.05) is 20.1 Å². The molecule has 3 rings (SSSR count). The van der Waals surface area contributed by atoms with Crippen molar-refractivity contribution in [2.24, 2.45) is 0 Å². The molecule has 1 N–H and O–H groups in total. The summed E-state index contributed by atoms with van der Waals surface area (Å²) >= 11 is 5.36. The van der Waals surface area contributed by atoms with Crippen LogP contribution in [-0.2, 0) is 0 Å². The molecule has 1 aliphatic rings. The lowest BCUT2D eigenvalue weighted by Crippen LogP contribution is -2.17. The van der Waals surface area contributed by atoms with Gasteiger partial charge in [-0.2, -0.15) is 5.10 Å². The molecule has 0 aromatic carbocycles. The highest BCUT2D eigenvalue weighted by Crippen LogP contribution is 2.26. The summed E-state index contributed by atoms with van der Waals surface area (Å²) in [7, 11) is 2.13. The van der Waals surface area contributed by atoms with E-state index < -0.39 is 0 Å². The Balaban J connectivity index is 2.05. The van der Waals surface area contributed by atoms with Crippen LogP contribution < -0.4 is 0 Å². The lowest BCUT2D eigenvalue weighted by molar-refractivity contribution is 0.392. The number of likely N-dealkylation sites (tertiary alicyclic amines) is 1. The Hall–Kier alpha value is -1.53. The van der Waals surface area contributed by atoms with Crippen LogP contribution in [0.2, 0.25) is 0 Å². The number of pyridine rings is 1. The summed E-state index contributed by atoms with van der Waals surface area (Å²) in [6.45, 7) is 2.12. The van der Waals surface area contributed by atoms with E-state index in [1.807, 2.05) is 12.1 Å². The van der Waals surface area contributed by atoms with Gasteiger partial charge < -0.3 is 4.90 Å². The van der Waals surface area contributed by atoms with Crippen LogP contribution in [0.5, 0.6) is 0 Å². The zero-order valence-corrected chi connectivity index (χ0v) is 11.0. The van der Waals surface area contributed by atoms with E-state index in [0.717, 1.165) is 30.9 Å². The van der Waals surface area contributed by atoms with Gasteiger partial charge in [-0.1, -0.05) is 0 Å². The van der Waals surface area contributed by atoms with E-state index in [2.05, 4.69) is 31.7 Å². The van der Waals surface area contributed by atoms with Gasteiger partial charge in [0.1, 0.15) is 0 Å². The third-order valence-corrected chi connectivity index (χ3v) is 3.66. The maximum absolute atomic E-state index is 5.36. The maximum atomic E-state index is 5.36. The van der Waals surface area contributed by atoms with Crippen molar-refractivity contribution in [3.05, 3.63) is 29.3 Å². The second kappa shape index (κ2) is 4.62. The molecule has 2 aromatic heterocycles. The Bertz CT molecular complexity index is 588. The van der Waals surface area contributed by atoms with Gasteiger partial charge in [0.2, 0.25) is 0 Å². The summed E-state index contributed by atoms with van der Waals surface area (Å²) in [6.07, 6.45) is 4.67. The van der Waals surface area contributed by atoms with E-state index >= 15 is 0 Å². The molecule has 94 valence electrons. The number of nitrogens with one attached hydrogen (secondary N) is 1. The van der Waals surface area contributed by atoms with Gasteiger partial charge in [0.05, 0.1) is 6.04 Å². The number of hydrogen-bond acceptors (Lipinski definition) is 4. The first-order valence-corrected chi connectivity index (χ1v) is 6.42. The van der Waals surface area contributed by atoms with Crippen LogP contribution in [0, 0.1) is 4.77 Å². The smallest absolute Gasteiger partial charge is 0.195 e. The number of hydrogen-bond donors (Lipinski definition) is 1. The molecule has 6 heteroatoms. The molecular formula is C12H15N5S. The van der Waals surface area contributed by atoms with Crippen LogP contribution in [0.4, 0.5) is 0 Å². The van der Waals surface area contributed by atoms with Gasteiger partial charge in [0, 0.05) is 24.5 Å². The zero-order valence-electron chi connectivity index (χ0n) is 10.2. The van der Waals surface area contributed by atoms with E-state index in [-0.39, 0.29) is 0 Å². The van der Waals surface area contributed by atoms with Crippen molar-refractivity contribution in [3.8, 4) is 11.4 Å². The molecule has 1 atom stereocenters. The predicted octanol–water partition coefficient (Wildman–Crippen LogP) is 1.88. The minimum Gasteiger partial charge on any atom is -0.304 e. The highest BCUT2D eigenvalue weighted by molar-refractivity contribution is 7.71. The van der Waals surface area contributed by atoms with Gasteiger partial charge in [-0.25, -0.2) is 0 Å². The lowest BCUT2D eigenvalue weighted by Gasteiger charge is -2.14. The molecule has 1 fully saturated rings. The molecule has 0 saturated carbocycles. The molecule has 0 radical (unpaired) electrons. The molecule has 0 bridgehead atoms. The third-order valence-electron chi connectivity index (χ3n) is 3.37. The van der Waals surface area contributed by atoms with Gasteiger partial charge in [-0.15, -0.1) is 0 Å². The van der Waals surface area contributed by atoms with Crippen molar-refractivity contribution < 1.29 is 0 Å². The minimum atomic E-state index is 0.407. The van der Waals surface area contributed by atoms with Gasteiger partial charge >= 0.3 is 0 Å². The fraction of sp³-hybridized carbons (Fsp3) is 0.417. The third kappa shape index (κ3) is 1.97. The first kappa shape index (κ1) is 11.6. The normalized spacial score (nSPS) is 20.4. The molecule has 18 heavy (non-hydrogen) atoms. The second-order valence-electron chi connectivity index (χ2n) is 4.66. The van der Waals surface area contributed by atoms with Crippen molar-refractivity contribution in [2.45, 2.75) is 12.5 Å². The van der Waals surface area contributed by atoms with Gasteiger partial charge in [-0.3, -0.25) is 14.6 Å². The second-order valence-corrected chi connectivity index (χ2v) is 5.05. The molecule has 1 saturated heterocycles. The SMILES string of the molecule is CN1CCC(n2c(-c3ccncc3)n[nH]c2=S)C1. The van der Waals surface area contributed by atoms with Crippen LogP contribution in [0.1, 0.15) is 12.5 Å². The number of aromatic nitrogens is 4. The predicted molar refractivity (Wildman–Crippen MR) is 71.8 cm³/mol. The number of rotatable bonds is 2. The number of aromatic amines is 1. The summed E-state index contributed by atoms with van der Waals surface area (Å²) in [5.74, 6) is 0.905. The molecule has 0 aliphatic carbocycles. The number of nitrogens with zero attached hydrogens (tertiary/aromatic N) is 4. The summed E-state index contributed by atoms with van der Waals surface area (Å²) in [5.41, 5.74) is 1.05. The van der Waals surface area contributed by atoms with Crippen molar-refractivity contribution in [3.63, 3.8) is 0 Å². The fourth-order valence-corrected chi connectivity index (χ4v) is 2.75. The number of likely N-dealkylation sites (N-methyl/N-ethyl adjacent to an activating group) is 1. The number of H-pyrrole nitrogens is 1. The summed E-state index contributed by atoms with van der Waals surface area (Å²) in [6, 6.07) is 4.32. The molecule has 0 spiro atoms. The average molecular weight is 261 g/mol. The van der Waals surface area contributed by atoms with E-state index in [9.17, 15) is 0 Å². The Morgan fingerprint density at radius 2 is 2.17 bits per heavy atom. The maximum Gasteiger partial charge on any atom is 0.195 e. The molecule has 1 unspecified atom stereocenters. The molecule has 2 aromatic rings. The van der Waals surface area contributed by atoms with E-state index in [0.29, 0.717) is 10.8 Å². The quantitative estimate of drug-likeness (QED) is 0.839. The molecule has 1 aliphatic heterocycles. The van der Waals surface area contributed by atoms with Crippen molar-refractivity contribution >= 4 is 12.2 Å². The fourth-order valence-electron chi connectivity index (χ4n) is 2.47. The van der Waals surface area contributed by atoms with Crippen LogP contribution in [0.25, 0.3) is 11.4 Å². The van der Waals surface area contributed by atoms with Gasteiger partial charge in [-0.05, 0) is 44.4 Å². The largest absolute Gasteiger partial charge is 0.304 e. The molecule has 0 amide bonds. The van der Waals surface area contributed by atoms with Gasteiger partial charge in [0.25, 0.3) is 0 Å². The summed E-state index contributed by atoms with van der Waals surface area (Å²) in [5, 5.41) is 7.26. The van der Waals surface area contributed by atoms with Crippen LogP contribution in [-0.4, -0.2) is 44.8 Å². The monoisotopic (exact) mass is 261 g/mol. The lowest BCUT2D eigenvalue weighted by atomic mass is 10.2.